The van der Waals surface area contributed by atoms with Crippen molar-refractivity contribution in [3.8, 4) is 0 Å². The third-order valence-corrected chi connectivity index (χ3v) is 2.32. The van der Waals surface area contributed by atoms with E-state index in [-0.39, 0.29) is 5.78 Å². The van der Waals surface area contributed by atoms with Gasteiger partial charge in [0.1, 0.15) is 0 Å². The highest BCUT2D eigenvalue weighted by molar-refractivity contribution is 6.35. The largest absolute Gasteiger partial charge is 0.294 e. The lowest BCUT2D eigenvalue weighted by Crippen LogP contribution is -1.98. The molecular weight excluding hydrogens is 219 g/mol. The molecule has 0 aromatic heterocycles. The lowest BCUT2D eigenvalue weighted by Gasteiger charge is -2.01. The van der Waals surface area contributed by atoms with E-state index < -0.39 is 0 Å². The molecule has 0 spiro atoms. The molecule has 0 aliphatic carbocycles. The average Bonchev–Trinajstić information content (AvgIpc) is 2.10. The number of carbonyl (C=O) groups is 1. The summed E-state index contributed by atoms with van der Waals surface area (Å²) in [6.07, 6.45) is 3.57. The fourth-order valence-electron chi connectivity index (χ4n) is 1.10. The van der Waals surface area contributed by atoms with Gasteiger partial charge in [-0.3, -0.25) is 4.79 Å². The van der Waals surface area contributed by atoms with Crippen LogP contribution in [0.4, 0.5) is 0 Å². The van der Waals surface area contributed by atoms with Gasteiger partial charge in [-0.15, -0.1) is 0 Å². The van der Waals surface area contributed by atoms with Crippen LogP contribution in [0.1, 0.15) is 12.5 Å². The van der Waals surface area contributed by atoms with Crippen molar-refractivity contribution in [1.29, 1.82) is 0 Å². The predicted octanol–water partition coefficient (Wildman–Crippen LogP) is 3.68. The molecule has 0 unspecified atom stereocenters. The normalized spacial score (nSPS) is 10.8. The van der Waals surface area contributed by atoms with Crippen LogP contribution in [0.5, 0.6) is 0 Å². The summed E-state index contributed by atoms with van der Waals surface area (Å²) in [7, 11) is 0. The fourth-order valence-corrected chi connectivity index (χ4v) is 1.57. The minimum Gasteiger partial charge on any atom is -0.294 e. The molecule has 0 saturated heterocycles. The van der Waals surface area contributed by atoms with E-state index in [0.29, 0.717) is 16.5 Å². The molecule has 0 amide bonds. The van der Waals surface area contributed by atoms with Crippen LogP contribution in [-0.2, 0) is 11.2 Å². The zero-order valence-corrected chi connectivity index (χ0v) is 9.27. The van der Waals surface area contributed by atoms with Crippen LogP contribution in [0, 0.1) is 0 Å². The summed E-state index contributed by atoms with van der Waals surface area (Å²) in [5.41, 5.74) is 0.805. The second-order valence-corrected chi connectivity index (χ2v) is 3.72. The Kier molecular flexibility index (Phi) is 4.18. The van der Waals surface area contributed by atoms with Gasteiger partial charge in [0.15, 0.2) is 5.78 Å². The Labute approximate surface area is 93.3 Å². The summed E-state index contributed by atoms with van der Waals surface area (Å²) in [4.78, 5) is 11.3. The highest BCUT2D eigenvalue weighted by Gasteiger charge is 2.04. The molecule has 0 saturated carbocycles. The van der Waals surface area contributed by atoms with E-state index in [2.05, 4.69) is 0 Å². The number of hydrogen-bond acceptors (Lipinski definition) is 1. The van der Waals surface area contributed by atoms with Gasteiger partial charge in [-0.25, -0.2) is 0 Å². The Hall–Kier alpha value is -0.790. The van der Waals surface area contributed by atoms with Gasteiger partial charge in [0, 0.05) is 16.5 Å². The Balaban J connectivity index is 2.82. The predicted molar refractivity (Wildman–Crippen MR) is 60.0 cm³/mol. The summed E-state index contributed by atoms with van der Waals surface area (Å²) in [5.74, 6) is 0.0386. The van der Waals surface area contributed by atoms with E-state index >= 15 is 0 Å². The minimum atomic E-state index is 0.0386. The Morgan fingerprint density at radius 1 is 1.43 bits per heavy atom. The quantitative estimate of drug-likeness (QED) is 0.722. The molecule has 1 rings (SSSR count). The summed E-state index contributed by atoms with van der Waals surface area (Å²) in [5, 5.41) is 1.12. The summed E-state index contributed by atoms with van der Waals surface area (Å²) < 4.78 is 0. The van der Waals surface area contributed by atoms with Gasteiger partial charge >= 0.3 is 0 Å². The lowest BCUT2D eigenvalue weighted by atomic mass is 10.1. The topological polar surface area (TPSA) is 17.1 Å². The standard InChI is InChI=1S/C11H10Cl2O/c1-2-3-10(14)6-8-4-5-9(12)7-11(8)13/h2-5,7H,6H2,1H3. The van der Waals surface area contributed by atoms with Crippen LogP contribution in [0.2, 0.25) is 10.0 Å². The molecule has 0 atom stereocenters. The van der Waals surface area contributed by atoms with E-state index in [1.165, 1.54) is 6.08 Å². The second-order valence-electron chi connectivity index (χ2n) is 2.88. The van der Waals surface area contributed by atoms with Crippen LogP contribution in [0.25, 0.3) is 0 Å². The van der Waals surface area contributed by atoms with Crippen molar-refractivity contribution in [3.05, 3.63) is 46.0 Å². The van der Waals surface area contributed by atoms with Crippen LogP contribution < -0.4 is 0 Å². The number of allylic oxidation sites excluding steroid dienone is 2. The molecule has 1 nitrogen and oxygen atoms in total. The minimum absolute atomic E-state index is 0.0386. The van der Waals surface area contributed by atoms with E-state index in [0.717, 1.165) is 5.56 Å². The maximum atomic E-state index is 11.3. The fraction of sp³-hybridized carbons (Fsp3) is 0.182. The first-order chi connectivity index (χ1) is 6.63. The summed E-state index contributed by atoms with van der Waals surface area (Å²) in [6.45, 7) is 1.81. The third kappa shape index (κ3) is 3.17. The first-order valence-electron chi connectivity index (χ1n) is 4.23. The zero-order valence-electron chi connectivity index (χ0n) is 7.76. The highest BCUT2D eigenvalue weighted by atomic mass is 35.5. The molecule has 0 aliphatic heterocycles. The Bertz CT molecular complexity index is 370. The molecular formula is C11H10Cl2O. The van der Waals surface area contributed by atoms with Crippen molar-refractivity contribution in [2.24, 2.45) is 0 Å². The second kappa shape index (κ2) is 5.18. The molecule has 0 fully saturated rings. The molecule has 0 heterocycles. The average molecular weight is 229 g/mol. The SMILES string of the molecule is CC=CC(=O)Cc1ccc(Cl)cc1Cl. The molecule has 0 radical (unpaired) electrons. The first kappa shape index (κ1) is 11.3. The van der Waals surface area contributed by atoms with Gasteiger partial charge < -0.3 is 0 Å². The van der Waals surface area contributed by atoms with Gasteiger partial charge in [0.25, 0.3) is 0 Å². The highest BCUT2D eigenvalue weighted by Crippen LogP contribution is 2.21. The molecule has 0 N–H and O–H groups in total. The van der Waals surface area contributed by atoms with Crippen LogP contribution in [0.3, 0.4) is 0 Å². The molecule has 3 heteroatoms. The lowest BCUT2D eigenvalue weighted by molar-refractivity contribution is -0.114. The summed E-state index contributed by atoms with van der Waals surface area (Å²) >= 11 is 11.6. The van der Waals surface area contributed by atoms with Gasteiger partial charge in [-0.1, -0.05) is 35.3 Å². The maximum Gasteiger partial charge on any atom is 0.159 e. The molecule has 1 aromatic rings. The van der Waals surface area contributed by atoms with Crippen molar-refractivity contribution in [2.75, 3.05) is 0 Å². The molecule has 14 heavy (non-hydrogen) atoms. The van der Waals surface area contributed by atoms with Gasteiger partial charge in [-0.2, -0.15) is 0 Å². The van der Waals surface area contributed by atoms with Crippen molar-refractivity contribution in [1.82, 2.24) is 0 Å². The smallest absolute Gasteiger partial charge is 0.159 e. The van der Waals surface area contributed by atoms with Crippen LogP contribution >= 0.6 is 23.2 Å². The Morgan fingerprint density at radius 3 is 2.71 bits per heavy atom. The number of rotatable bonds is 3. The van der Waals surface area contributed by atoms with E-state index in [4.69, 9.17) is 23.2 Å². The molecule has 74 valence electrons. The summed E-state index contributed by atoms with van der Waals surface area (Å²) in [6, 6.07) is 5.14. The number of benzene rings is 1. The molecule has 0 aliphatic rings. The van der Waals surface area contributed by atoms with E-state index in [1.807, 2.05) is 0 Å². The monoisotopic (exact) mass is 228 g/mol. The van der Waals surface area contributed by atoms with Gasteiger partial charge in [-0.05, 0) is 30.7 Å². The van der Waals surface area contributed by atoms with Crippen LogP contribution in [0.15, 0.2) is 30.4 Å². The van der Waals surface area contributed by atoms with Crippen molar-refractivity contribution in [3.63, 3.8) is 0 Å². The molecule has 1 aromatic carbocycles. The van der Waals surface area contributed by atoms with Crippen LogP contribution in [-0.4, -0.2) is 5.78 Å². The number of ketones is 1. The molecule has 0 bridgehead atoms. The number of halogens is 2. The van der Waals surface area contributed by atoms with Gasteiger partial charge in [0.2, 0.25) is 0 Å². The first-order valence-corrected chi connectivity index (χ1v) is 4.98. The van der Waals surface area contributed by atoms with E-state index in [9.17, 15) is 4.79 Å². The van der Waals surface area contributed by atoms with Gasteiger partial charge in [0.05, 0.1) is 0 Å². The zero-order chi connectivity index (χ0) is 10.6. The van der Waals surface area contributed by atoms with Crippen molar-refractivity contribution in [2.45, 2.75) is 13.3 Å². The number of carbonyl (C=O) groups excluding carboxylic acids is 1. The van der Waals surface area contributed by atoms with E-state index in [1.54, 1.807) is 31.2 Å². The number of hydrogen-bond donors (Lipinski definition) is 0. The van der Waals surface area contributed by atoms with Crippen molar-refractivity contribution >= 4 is 29.0 Å². The third-order valence-electron chi connectivity index (χ3n) is 1.73. The van der Waals surface area contributed by atoms with Crippen molar-refractivity contribution < 1.29 is 4.79 Å². The Morgan fingerprint density at radius 2 is 2.14 bits per heavy atom. The maximum absolute atomic E-state index is 11.3.